The molecule has 1 heterocycles. The molecule has 5 unspecified atom stereocenters. The molecule has 9 amide bonds. The number of nitrogens with two attached hydrogens (primary N) is 3. The number of amides is 9. The number of allylic oxidation sites excluding steroid dienone is 1. The maximum Gasteiger partial charge on any atom is 0.329 e. The van der Waals surface area contributed by atoms with Crippen molar-refractivity contribution in [1.82, 2.24) is 47.9 Å². The topological polar surface area (TPSA) is 404 Å². The molecule has 78 heavy (non-hydrogen) atoms. The van der Waals surface area contributed by atoms with Crippen LogP contribution in [-0.4, -0.2) is 144 Å². The summed E-state index contributed by atoms with van der Waals surface area (Å²) >= 11 is 0. The number of carboxylic acid groups (broad SMARTS) is 1. The molecule has 1 fully saturated rings. The fraction of sp³-hybridized carbons (Fsp3) is 0.642. The van der Waals surface area contributed by atoms with E-state index in [2.05, 4.69) is 47.9 Å². The number of carbonyl (C=O) groups excluding carboxylic acids is 10. The van der Waals surface area contributed by atoms with Crippen LogP contribution in [0.5, 0.6) is 0 Å². The monoisotopic (exact) mass is 1100 g/mol. The largest absolute Gasteiger partial charge is 0.481 e. The Morgan fingerprint density at radius 3 is 1.60 bits per heavy atom. The number of aliphatic carboxylic acids is 1. The molecule has 1 aliphatic rings. The molecule has 1 saturated heterocycles. The molecule has 0 aromatic heterocycles. The zero-order valence-corrected chi connectivity index (χ0v) is 46.5. The van der Waals surface area contributed by atoms with E-state index in [0.717, 1.165) is 0 Å². The number of cyclic esters (lactones) is 1. The molecular formula is C53H86N12O13. The number of carboxylic acids is 1. The van der Waals surface area contributed by atoms with E-state index in [0.29, 0.717) is 18.4 Å². The van der Waals surface area contributed by atoms with Crippen LogP contribution >= 0.6 is 0 Å². The molecule has 0 bridgehead atoms. The first-order chi connectivity index (χ1) is 36.7. The predicted octanol–water partition coefficient (Wildman–Crippen LogP) is -1.24. The SMILES string of the molecule is C/C=C1\NC(=O)C(CCN)NC(=O)CC(CCCC(C)C)OC(=O)[C@H](Cc2ccccc2)NC(=O)C(CN)NC(=O)[C@H](CC(=O)O)NC(=O)[C@H](C(C)C)NC(=O)C(CC(C)C)NC(=O)[C@H](CN)NC(=O)C(CC(C)C)NC1=O. The van der Waals surface area contributed by atoms with Gasteiger partial charge in [-0.1, -0.05) is 98.2 Å². The van der Waals surface area contributed by atoms with Crippen molar-refractivity contribution >= 4 is 65.1 Å². The van der Waals surface area contributed by atoms with Crippen LogP contribution in [0, 0.1) is 23.7 Å². The van der Waals surface area contributed by atoms with Crippen LogP contribution in [-0.2, 0) is 63.9 Å². The molecule has 436 valence electrons. The zero-order valence-electron chi connectivity index (χ0n) is 46.5. The van der Waals surface area contributed by atoms with Crippen molar-refractivity contribution < 1.29 is 62.6 Å². The summed E-state index contributed by atoms with van der Waals surface area (Å²) in [6.07, 6.45) is -0.0700. The Kier molecular flexibility index (Phi) is 29.3. The summed E-state index contributed by atoms with van der Waals surface area (Å²) in [4.78, 5) is 152. The van der Waals surface area contributed by atoms with E-state index in [9.17, 15) is 57.8 Å². The minimum Gasteiger partial charge on any atom is -0.481 e. The number of esters is 1. The van der Waals surface area contributed by atoms with E-state index in [1.54, 1.807) is 71.9 Å². The van der Waals surface area contributed by atoms with Crippen LogP contribution in [0.25, 0.3) is 0 Å². The van der Waals surface area contributed by atoms with E-state index >= 15 is 0 Å². The van der Waals surface area contributed by atoms with E-state index < -0.39 is 151 Å². The quantitative estimate of drug-likeness (QED) is 0.0641. The lowest BCUT2D eigenvalue weighted by atomic mass is 9.99. The van der Waals surface area contributed by atoms with Gasteiger partial charge in [-0.15, -0.1) is 0 Å². The van der Waals surface area contributed by atoms with Crippen LogP contribution < -0.4 is 65.1 Å². The van der Waals surface area contributed by atoms with E-state index in [-0.39, 0.29) is 62.1 Å². The van der Waals surface area contributed by atoms with Gasteiger partial charge in [0.15, 0.2) is 0 Å². The molecule has 0 saturated carbocycles. The number of nitrogens with one attached hydrogen (secondary N) is 9. The first kappa shape index (κ1) is 67.1. The van der Waals surface area contributed by atoms with Gasteiger partial charge >= 0.3 is 11.9 Å². The number of rotatable bonds is 17. The number of benzene rings is 1. The second kappa shape index (κ2) is 34.0. The highest BCUT2D eigenvalue weighted by atomic mass is 16.5. The van der Waals surface area contributed by atoms with Gasteiger partial charge in [0, 0.05) is 19.5 Å². The van der Waals surface area contributed by atoms with Gasteiger partial charge in [0.25, 0.3) is 5.91 Å². The summed E-state index contributed by atoms with van der Waals surface area (Å²) in [5, 5.41) is 32.6. The summed E-state index contributed by atoms with van der Waals surface area (Å²) in [6.45, 7) is 14.5. The zero-order chi connectivity index (χ0) is 58.8. The van der Waals surface area contributed by atoms with Crippen molar-refractivity contribution in [3.8, 4) is 0 Å². The highest BCUT2D eigenvalue weighted by Crippen LogP contribution is 2.17. The van der Waals surface area contributed by atoms with E-state index in [1.807, 2.05) is 13.8 Å². The van der Waals surface area contributed by atoms with Gasteiger partial charge in [-0.3, -0.25) is 47.9 Å². The molecule has 0 aliphatic carbocycles. The van der Waals surface area contributed by atoms with Gasteiger partial charge in [0.1, 0.15) is 60.1 Å². The molecule has 0 spiro atoms. The third-order valence-electron chi connectivity index (χ3n) is 12.5. The molecule has 25 nitrogen and oxygen atoms in total. The average Bonchev–Trinajstić information content (AvgIpc) is 3.36. The van der Waals surface area contributed by atoms with Crippen LogP contribution in [0.3, 0.4) is 0 Å². The predicted molar refractivity (Wildman–Crippen MR) is 288 cm³/mol. The Hall–Kier alpha value is -6.99. The van der Waals surface area contributed by atoms with Crippen molar-refractivity contribution in [2.75, 3.05) is 19.6 Å². The number of hydrogen-bond donors (Lipinski definition) is 13. The van der Waals surface area contributed by atoms with Crippen molar-refractivity contribution in [3.05, 3.63) is 47.7 Å². The summed E-state index contributed by atoms with van der Waals surface area (Å²) in [5.74, 6) is -11.6. The normalized spacial score (nSPS) is 25.4. The van der Waals surface area contributed by atoms with E-state index in [4.69, 9.17) is 21.9 Å². The van der Waals surface area contributed by atoms with Crippen LogP contribution in [0.1, 0.15) is 119 Å². The summed E-state index contributed by atoms with van der Waals surface area (Å²) < 4.78 is 5.98. The summed E-state index contributed by atoms with van der Waals surface area (Å²) in [6, 6.07) is -3.20. The highest BCUT2D eigenvalue weighted by Gasteiger charge is 2.37. The van der Waals surface area contributed by atoms with Gasteiger partial charge in [0.2, 0.25) is 47.3 Å². The fourth-order valence-electron chi connectivity index (χ4n) is 8.25. The lowest BCUT2D eigenvalue weighted by Crippen LogP contribution is -2.62. The Balaban J connectivity index is 2.79. The first-order valence-corrected chi connectivity index (χ1v) is 26.7. The van der Waals surface area contributed by atoms with E-state index in [1.165, 1.54) is 13.0 Å². The number of ether oxygens (including phenoxy) is 1. The van der Waals surface area contributed by atoms with Crippen molar-refractivity contribution in [3.63, 3.8) is 0 Å². The molecule has 2 rings (SSSR count). The lowest BCUT2D eigenvalue weighted by Gasteiger charge is -2.29. The van der Waals surface area contributed by atoms with Gasteiger partial charge in [-0.05, 0) is 74.8 Å². The Labute approximate surface area is 457 Å². The maximum absolute atomic E-state index is 14.3. The molecule has 9 atom stereocenters. The molecule has 16 N–H and O–H groups in total. The van der Waals surface area contributed by atoms with Gasteiger partial charge in [-0.25, -0.2) is 4.79 Å². The highest BCUT2D eigenvalue weighted by molar-refractivity contribution is 6.02. The second-order valence-electron chi connectivity index (χ2n) is 21.1. The average molecular weight is 1100 g/mol. The second-order valence-corrected chi connectivity index (χ2v) is 21.1. The van der Waals surface area contributed by atoms with Gasteiger partial charge < -0.3 is 74.9 Å². The van der Waals surface area contributed by atoms with Gasteiger partial charge in [0.05, 0.1) is 12.8 Å². The third-order valence-corrected chi connectivity index (χ3v) is 12.5. The minimum atomic E-state index is -1.84. The van der Waals surface area contributed by atoms with Crippen molar-refractivity contribution in [1.29, 1.82) is 0 Å². The lowest BCUT2D eigenvalue weighted by molar-refractivity contribution is -0.155. The van der Waals surface area contributed by atoms with Crippen molar-refractivity contribution in [2.24, 2.45) is 40.9 Å². The van der Waals surface area contributed by atoms with Crippen molar-refractivity contribution in [2.45, 2.75) is 175 Å². The Morgan fingerprint density at radius 2 is 1.10 bits per heavy atom. The summed E-state index contributed by atoms with van der Waals surface area (Å²) in [5.41, 5.74) is 18.1. The molecule has 1 aliphatic heterocycles. The number of hydrogen-bond acceptors (Lipinski definition) is 15. The maximum atomic E-state index is 14.3. The smallest absolute Gasteiger partial charge is 0.329 e. The van der Waals surface area contributed by atoms with Gasteiger partial charge in [-0.2, -0.15) is 0 Å². The number of carbonyl (C=O) groups is 11. The molecular weight excluding hydrogens is 1010 g/mol. The molecule has 0 radical (unpaired) electrons. The summed E-state index contributed by atoms with van der Waals surface area (Å²) in [7, 11) is 0. The minimum absolute atomic E-state index is 0.0182. The van der Waals surface area contributed by atoms with Crippen LogP contribution in [0.4, 0.5) is 0 Å². The Morgan fingerprint density at radius 1 is 0.603 bits per heavy atom. The Bertz CT molecular complexity index is 2240. The first-order valence-electron chi connectivity index (χ1n) is 26.7. The molecule has 25 heteroatoms. The third kappa shape index (κ3) is 23.7. The fourth-order valence-corrected chi connectivity index (χ4v) is 8.25. The van der Waals surface area contributed by atoms with Crippen LogP contribution in [0.15, 0.2) is 42.1 Å². The standard InChI is InChI=1S/C53H86N12O13/c1-10-34-45(69)59-36(21-29(4)5)47(71)63-40(26-55)50(74)60-37(22-30(6)7)49(73)65-44(31(8)9)52(76)61-38(25-43(67)68)48(72)64-41(27-56)51(75)62-39(23-32-16-12-11-13-17-32)53(77)78-33(18-14-15-28(2)3)24-42(66)57-35(19-20-54)46(70)58-34/h10-13,16-17,28-31,33,35-41,44H,14-15,18-27,54-56H2,1-9H3,(H,57,66)(H,58,70)(H,59,69)(H,60,74)(H,61,76)(H,62,75)(H,63,71)(H,64,72)(H,65,73)(H,67,68)/b34-10-/t33?,35?,36?,37?,38-,39-,40-,41?,44-/m0/s1. The molecule has 1 aromatic rings. The molecule has 1 aromatic carbocycles. The van der Waals surface area contributed by atoms with Crippen LogP contribution in [0.2, 0.25) is 0 Å².